The van der Waals surface area contributed by atoms with Crippen molar-refractivity contribution >= 4 is 34.8 Å². The Morgan fingerprint density at radius 1 is 1.20 bits per heavy atom. The number of hydrogen-bond donors (Lipinski definition) is 1. The van der Waals surface area contributed by atoms with Crippen LogP contribution >= 0.6 is 23.2 Å². The number of carbonyl (C=O) groups is 1. The fourth-order valence-electron chi connectivity index (χ4n) is 1.70. The van der Waals surface area contributed by atoms with Crippen LogP contribution in [0.2, 0.25) is 10.0 Å². The molecule has 2 aromatic carbocycles. The molecule has 0 heterocycles. The lowest BCUT2D eigenvalue weighted by atomic mass is 10.1. The molecule has 0 saturated carbocycles. The molecule has 2 aromatic rings. The molecular formula is C14H10Cl2FNO2. The number of halogens is 3. The van der Waals surface area contributed by atoms with E-state index in [1.54, 1.807) is 6.07 Å². The van der Waals surface area contributed by atoms with E-state index in [-0.39, 0.29) is 21.4 Å². The van der Waals surface area contributed by atoms with Gasteiger partial charge in [-0.3, -0.25) is 4.79 Å². The van der Waals surface area contributed by atoms with E-state index in [1.165, 1.54) is 37.4 Å². The third-order valence-corrected chi connectivity index (χ3v) is 3.19. The normalized spacial score (nSPS) is 10.2. The fourth-order valence-corrected chi connectivity index (χ4v) is 2.17. The molecule has 0 bridgehead atoms. The van der Waals surface area contributed by atoms with Gasteiger partial charge in [0.05, 0.1) is 17.2 Å². The number of benzene rings is 2. The van der Waals surface area contributed by atoms with Gasteiger partial charge in [0.1, 0.15) is 11.4 Å². The lowest BCUT2D eigenvalue weighted by molar-refractivity contribution is 0.102. The molecule has 3 nitrogen and oxygen atoms in total. The first-order valence-electron chi connectivity index (χ1n) is 5.62. The van der Waals surface area contributed by atoms with Gasteiger partial charge in [-0.2, -0.15) is 0 Å². The summed E-state index contributed by atoms with van der Waals surface area (Å²) in [6.07, 6.45) is 0. The molecule has 1 N–H and O–H groups in total. The molecule has 0 aliphatic heterocycles. The van der Waals surface area contributed by atoms with Gasteiger partial charge in [0.25, 0.3) is 5.91 Å². The smallest absolute Gasteiger partial charge is 0.261 e. The number of nitrogens with one attached hydrogen (secondary N) is 1. The zero-order valence-electron chi connectivity index (χ0n) is 10.4. The van der Waals surface area contributed by atoms with Crippen molar-refractivity contribution in [1.82, 2.24) is 0 Å². The van der Waals surface area contributed by atoms with Crippen LogP contribution in [0.25, 0.3) is 0 Å². The van der Waals surface area contributed by atoms with E-state index in [2.05, 4.69) is 5.32 Å². The van der Waals surface area contributed by atoms with E-state index in [4.69, 9.17) is 27.9 Å². The standard InChI is InChI=1S/C14H10Cl2FNO2/c1-20-13-11(16)6-5-10(15)12(13)14(19)18-9-4-2-3-8(17)7-9/h2-7H,1H3,(H,18,19). The molecular weight excluding hydrogens is 304 g/mol. The largest absolute Gasteiger partial charge is 0.494 e. The molecule has 0 unspecified atom stereocenters. The highest BCUT2D eigenvalue weighted by atomic mass is 35.5. The van der Waals surface area contributed by atoms with E-state index < -0.39 is 11.7 Å². The Kier molecular flexibility index (Phi) is 4.47. The molecule has 0 aliphatic rings. The first-order chi connectivity index (χ1) is 9.52. The minimum atomic E-state index is -0.528. The van der Waals surface area contributed by atoms with E-state index >= 15 is 0 Å². The predicted octanol–water partition coefficient (Wildman–Crippen LogP) is 4.39. The summed E-state index contributed by atoms with van der Waals surface area (Å²) in [7, 11) is 1.39. The summed E-state index contributed by atoms with van der Waals surface area (Å²) in [6, 6.07) is 8.55. The summed E-state index contributed by atoms with van der Waals surface area (Å²) in [6.45, 7) is 0. The fraction of sp³-hybridized carbons (Fsp3) is 0.0714. The maximum Gasteiger partial charge on any atom is 0.261 e. The van der Waals surface area contributed by atoms with Gasteiger partial charge in [0, 0.05) is 5.69 Å². The zero-order chi connectivity index (χ0) is 14.7. The summed E-state index contributed by atoms with van der Waals surface area (Å²) in [5, 5.41) is 3.00. The number of rotatable bonds is 3. The molecule has 2 rings (SSSR count). The minimum Gasteiger partial charge on any atom is -0.494 e. The van der Waals surface area contributed by atoms with Crippen molar-refractivity contribution in [2.45, 2.75) is 0 Å². The summed E-state index contributed by atoms with van der Waals surface area (Å²) in [5.74, 6) is -0.806. The Bertz CT molecular complexity index is 662. The zero-order valence-corrected chi connectivity index (χ0v) is 11.9. The van der Waals surface area contributed by atoms with Crippen molar-refractivity contribution in [2.24, 2.45) is 0 Å². The van der Waals surface area contributed by atoms with Gasteiger partial charge in [-0.15, -0.1) is 0 Å². The van der Waals surface area contributed by atoms with Crippen LogP contribution in [0.15, 0.2) is 36.4 Å². The molecule has 104 valence electrons. The van der Waals surface area contributed by atoms with Gasteiger partial charge < -0.3 is 10.1 Å². The molecule has 0 atom stereocenters. The maximum absolute atomic E-state index is 13.1. The van der Waals surface area contributed by atoms with Gasteiger partial charge >= 0.3 is 0 Å². The van der Waals surface area contributed by atoms with Crippen molar-refractivity contribution < 1.29 is 13.9 Å². The van der Waals surface area contributed by atoms with Gasteiger partial charge in [-0.05, 0) is 30.3 Å². The highest BCUT2D eigenvalue weighted by Gasteiger charge is 2.19. The highest BCUT2D eigenvalue weighted by Crippen LogP contribution is 2.34. The number of methoxy groups -OCH3 is 1. The number of hydrogen-bond acceptors (Lipinski definition) is 2. The van der Waals surface area contributed by atoms with E-state index in [0.29, 0.717) is 5.69 Å². The molecule has 0 fully saturated rings. The third kappa shape index (κ3) is 3.03. The van der Waals surface area contributed by atoms with Crippen molar-refractivity contribution in [3.05, 3.63) is 57.8 Å². The van der Waals surface area contributed by atoms with Crippen LogP contribution in [0, 0.1) is 5.82 Å². The third-order valence-electron chi connectivity index (χ3n) is 2.57. The molecule has 0 spiro atoms. The van der Waals surface area contributed by atoms with Gasteiger partial charge in [0.2, 0.25) is 0 Å². The van der Waals surface area contributed by atoms with Crippen molar-refractivity contribution in [2.75, 3.05) is 12.4 Å². The number of carbonyl (C=O) groups excluding carboxylic acids is 1. The average Bonchev–Trinajstić information content (AvgIpc) is 2.40. The number of ether oxygens (including phenoxy) is 1. The van der Waals surface area contributed by atoms with Gasteiger partial charge in [-0.25, -0.2) is 4.39 Å². The average molecular weight is 314 g/mol. The minimum absolute atomic E-state index is 0.103. The van der Waals surface area contributed by atoms with Crippen molar-refractivity contribution in [3.63, 3.8) is 0 Å². The van der Waals surface area contributed by atoms with Gasteiger partial charge in [-0.1, -0.05) is 29.3 Å². The summed E-state index contributed by atoms with van der Waals surface area (Å²) in [4.78, 5) is 12.2. The first-order valence-corrected chi connectivity index (χ1v) is 6.37. The molecule has 20 heavy (non-hydrogen) atoms. The van der Waals surface area contributed by atoms with Crippen LogP contribution in [0.1, 0.15) is 10.4 Å². The first kappa shape index (κ1) is 14.6. The molecule has 6 heteroatoms. The maximum atomic E-state index is 13.1. The Hall–Kier alpha value is -1.78. The predicted molar refractivity (Wildman–Crippen MR) is 77.4 cm³/mol. The second-order valence-corrected chi connectivity index (χ2v) is 4.72. The molecule has 0 aliphatic carbocycles. The molecule has 0 radical (unpaired) electrons. The summed E-state index contributed by atoms with van der Waals surface area (Å²) < 4.78 is 18.2. The summed E-state index contributed by atoms with van der Waals surface area (Å²) in [5.41, 5.74) is 0.416. The van der Waals surface area contributed by atoms with Crippen LogP contribution in [-0.2, 0) is 0 Å². The van der Waals surface area contributed by atoms with Crippen molar-refractivity contribution in [3.8, 4) is 5.75 Å². The monoisotopic (exact) mass is 313 g/mol. The Morgan fingerprint density at radius 2 is 1.90 bits per heavy atom. The van der Waals surface area contributed by atoms with Gasteiger partial charge in [0.15, 0.2) is 5.75 Å². The molecule has 0 saturated heterocycles. The molecule has 0 aromatic heterocycles. The lowest BCUT2D eigenvalue weighted by Gasteiger charge is -2.12. The van der Waals surface area contributed by atoms with Crippen LogP contribution in [0.5, 0.6) is 5.75 Å². The lowest BCUT2D eigenvalue weighted by Crippen LogP contribution is -2.14. The second-order valence-electron chi connectivity index (χ2n) is 3.90. The van der Waals surface area contributed by atoms with Crippen LogP contribution in [0.3, 0.4) is 0 Å². The van der Waals surface area contributed by atoms with Crippen molar-refractivity contribution in [1.29, 1.82) is 0 Å². The van der Waals surface area contributed by atoms with Crippen LogP contribution in [0.4, 0.5) is 10.1 Å². The number of amides is 1. The molecule has 1 amide bonds. The second kappa shape index (κ2) is 6.11. The Morgan fingerprint density at radius 3 is 2.55 bits per heavy atom. The SMILES string of the molecule is COc1c(Cl)ccc(Cl)c1C(=O)Nc1cccc(F)c1. The van der Waals surface area contributed by atoms with Crippen LogP contribution < -0.4 is 10.1 Å². The van der Waals surface area contributed by atoms with E-state index in [0.717, 1.165) is 0 Å². The van der Waals surface area contributed by atoms with E-state index in [9.17, 15) is 9.18 Å². The Balaban J connectivity index is 2.37. The van der Waals surface area contributed by atoms with E-state index in [1.807, 2.05) is 0 Å². The number of anilines is 1. The highest BCUT2D eigenvalue weighted by molar-refractivity contribution is 6.37. The topological polar surface area (TPSA) is 38.3 Å². The quantitative estimate of drug-likeness (QED) is 0.912. The summed E-state index contributed by atoms with van der Waals surface area (Å²) >= 11 is 11.9. The van der Waals surface area contributed by atoms with Crippen LogP contribution in [-0.4, -0.2) is 13.0 Å². The Labute approximate surface area is 125 Å².